The highest BCUT2D eigenvalue weighted by molar-refractivity contribution is 5.89. The lowest BCUT2D eigenvalue weighted by Crippen LogP contribution is -2.45. The number of likely N-dealkylation sites (N-methyl/N-ethyl adjacent to an activating group) is 1. The van der Waals surface area contributed by atoms with Crippen molar-refractivity contribution >= 4 is 28.9 Å². The van der Waals surface area contributed by atoms with E-state index in [0.29, 0.717) is 13.1 Å². The van der Waals surface area contributed by atoms with Crippen molar-refractivity contribution in [2.75, 3.05) is 69.5 Å². The van der Waals surface area contributed by atoms with E-state index in [0.717, 1.165) is 79.7 Å². The van der Waals surface area contributed by atoms with Crippen LogP contribution in [0, 0.1) is 0 Å². The third-order valence-electron chi connectivity index (χ3n) is 8.78. The zero-order valence-corrected chi connectivity index (χ0v) is 25.8. The molecule has 2 N–H and O–H groups in total. The van der Waals surface area contributed by atoms with E-state index in [4.69, 9.17) is 9.97 Å². The molecule has 0 radical (unpaired) electrons. The Morgan fingerprint density at radius 2 is 1.79 bits per heavy atom. The van der Waals surface area contributed by atoms with E-state index in [1.165, 1.54) is 11.3 Å². The summed E-state index contributed by atoms with van der Waals surface area (Å²) in [5.74, 6) is 1.12. The van der Waals surface area contributed by atoms with Gasteiger partial charge in [0.15, 0.2) is 0 Å². The Bertz CT molecular complexity index is 1560. The van der Waals surface area contributed by atoms with Gasteiger partial charge in [-0.15, -0.1) is 0 Å². The molecule has 4 heterocycles. The number of aryl methyl sites for hydroxylation is 1. The molecule has 10 heteroatoms. The minimum atomic E-state index is -0.241. The van der Waals surface area contributed by atoms with Crippen LogP contribution < -0.4 is 20.4 Å². The predicted molar refractivity (Wildman–Crippen MR) is 173 cm³/mol. The minimum Gasteiger partial charge on any atom is -0.378 e. The van der Waals surface area contributed by atoms with Gasteiger partial charge in [-0.3, -0.25) is 14.3 Å². The largest absolute Gasteiger partial charge is 0.378 e. The SMILES string of the molecule is CN1CCN(c2cccc3nc(CN(C)[C@H]4CCCc5cccnc54)c(CNC(=O)Nc4ccc(N(C)C)cc4)n23)CC1. The Balaban J connectivity index is 1.28. The molecule has 1 saturated heterocycles. The molecule has 0 bridgehead atoms. The Morgan fingerprint density at radius 3 is 2.56 bits per heavy atom. The highest BCUT2D eigenvalue weighted by atomic mass is 16.2. The number of amides is 2. The fourth-order valence-electron chi connectivity index (χ4n) is 6.32. The molecule has 43 heavy (non-hydrogen) atoms. The number of aromatic nitrogens is 3. The fourth-order valence-corrected chi connectivity index (χ4v) is 6.32. The monoisotopic (exact) mass is 581 g/mol. The number of rotatable bonds is 8. The first-order valence-electron chi connectivity index (χ1n) is 15.3. The van der Waals surface area contributed by atoms with Gasteiger partial charge in [0.05, 0.1) is 29.7 Å². The van der Waals surface area contributed by atoms with Crippen molar-refractivity contribution in [3.63, 3.8) is 0 Å². The van der Waals surface area contributed by atoms with Gasteiger partial charge in [0, 0.05) is 64.4 Å². The number of anilines is 3. The van der Waals surface area contributed by atoms with E-state index in [1.54, 1.807) is 0 Å². The second kappa shape index (κ2) is 12.6. The quantitative estimate of drug-likeness (QED) is 0.320. The van der Waals surface area contributed by atoms with Gasteiger partial charge >= 0.3 is 6.03 Å². The molecule has 3 aromatic heterocycles. The number of hydrogen-bond donors (Lipinski definition) is 2. The zero-order valence-electron chi connectivity index (χ0n) is 25.8. The average Bonchev–Trinajstić information content (AvgIpc) is 3.37. The topological polar surface area (TPSA) is 84.3 Å². The van der Waals surface area contributed by atoms with Crippen molar-refractivity contribution in [2.24, 2.45) is 0 Å². The van der Waals surface area contributed by atoms with Gasteiger partial charge < -0.3 is 25.3 Å². The second-order valence-corrected chi connectivity index (χ2v) is 12.0. The number of imidazole rings is 1. The maximum absolute atomic E-state index is 13.1. The van der Waals surface area contributed by atoms with Crippen LogP contribution in [0.5, 0.6) is 0 Å². The Kier molecular flexibility index (Phi) is 8.49. The summed E-state index contributed by atoms with van der Waals surface area (Å²) in [5, 5.41) is 6.12. The molecule has 10 nitrogen and oxygen atoms in total. The molecule has 0 saturated carbocycles. The van der Waals surface area contributed by atoms with Crippen LogP contribution in [0.2, 0.25) is 0 Å². The average molecular weight is 582 g/mol. The van der Waals surface area contributed by atoms with E-state index >= 15 is 0 Å². The molecule has 1 aromatic carbocycles. The summed E-state index contributed by atoms with van der Waals surface area (Å²) in [6.07, 6.45) is 5.21. The standard InChI is InChI=1S/C33H43N9O/c1-38(2)26-15-13-25(14-16-26)36-33(43)35-22-29-27(23-40(4)28-10-5-8-24-9-7-17-34-32(24)28)37-30-11-6-12-31(42(29)30)41-20-18-39(3)19-21-41/h6-7,9,11-17,28H,5,8,10,18-23H2,1-4H3,(H2,35,36,43)/t28-/m0/s1. The van der Waals surface area contributed by atoms with E-state index in [-0.39, 0.29) is 12.1 Å². The first kappa shape index (κ1) is 28.9. The summed E-state index contributed by atoms with van der Waals surface area (Å²) in [4.78, 5) is 32.2. The zero-order chi connectivity index (χ0) is 29.9. The van der Waals surface area contributed by atoms with Crippen molar-refractivity contribution in [1.82, 2.24) is 29.5 Å². The molecular weight excluding hydrogens is 538 g/mol. The molecular formula is C33H43N9O. The minimum absolute atomic E-state index is 0.237. The van der Waals surface area contributed by atoms with E-state index in [2.05, 4.69) is 68.1 Å². The van der Waals surface area contributed by atoms with Crippen LogP contribution in [-0.4, -0.2) is 84.6 Å². The molecule has 0 unspecified atom stereocenters. The van der Waals surface area contributed by atoms with Gasteiger partial charge in [-0.2, -0.15) is 0 Å². The third-order valence-corrected chi connectivity index (χ3v) is 8.78. The van der Waals surface area contributed by atoms with Gasteiger partial charge in [0.25, 0.3) is 0 Å². The van der Waals surface area contributed by atoms with Gasteiger partial charge in [-0.25, -0.2) is 9.78 Å². The molecule has 226 valence electrons. The maximum atomic E-state index is 13.1. The van der Waals surface area contributed by atoms with E-state index in [9.17, 15) is 4.79 Å². The molecule has 2 aliphatic rings. The summed E-state index contributed by atoms with van der Waals surface area (Å²) in [7, 11) is 8.34. The summed E-state index contributed by atoms with van der Waals surface area (Å²) >= 11 is 0. The first-order valence-corrected chi connectivity index (χ1v) is 15.3. The summed E-state index contributed by atoms with van der Waals surface area (Å²) in [5.41, 5.74) is 7.24. The first-order chi connectivity index (χ1) is 20.9. The highest BCUT2D eigenvalue weighted by Gasteiger charge is 2.27. The van der Waals surface area contributed by atoms with Crippen molar-refractivity contribution in [3.05, 3.63) is 83.4 Å². The van der Waals surface area contributed by atoms with Crippen LogP contribution in [0.4, 0.5) is 22.0 Å². The molecule has 4 aromatic rings. The Labute approximate surface area is 254 Å². The van der Waals surface area contributed by atoms with Crippen LogP contribution >= 0.6 is 0 Å². The second-order valence-electron chi connectivity index (χ2n) is 12.0. The number of pyridine rings is 2. The number of benzene rings is 1. The number of hydrogen-bond acceptors (Lipinski definition) is 7. The molecule has 2 amide bonds. The van der Waals surface area contributed by atoms with Crippen LogP contribution in [0.15, 0.2) is 60.8 Å². The Hall–Kier alpha value is -4.15. The highest BCUT2D eigenvalue weighted by Crippen LogP contribution is 2.33. The fraction of sp³-hybridized carbons (Fsp3) is 0.424. The van der Waals surface area contributed by atoms with Crippen LogP contribution in [0.3, 0.4) is 0 Å². The summed E-state index contributed by atoms with van der Waals surface area (Å²) in [6.45, 7) is 4.94. The summed E-state index contributed by atoms with van der Waals surface area (Å²) in [6, 6.07) is 18.4. The van der Waals surface area contributed by atoms with Crippen LogP contribution in [0.1, 0.15) is 41.5 Å². The molecule has 1 atom stereocenters. The van der Waals surface area contributed by atoms with Crippen molar-refractivity contribution < 1.29 is 4.79 Å². The van der Waals surface area contributed by atoms with Crippen LogP contribution in [-0.2, 0) is 19.5 Å². The molecule has 1 fully saturated rings. The smallest absolute Gasteiger partial charge is 0.319 e. The molecule has 0 spiro atoms. The van der Waals surface area contributed by atoms with E-state index in [1.807, 2.05) is 55.5 Å². The number of piperazine rings is 1. The number of nitrogens with one attached hydrogen (secondary N) is 2. The lowest BCUT2D eigenvalue weighted by molar-refractivity contribution is 0.206. The molecule has 1 aliphatic carbocycles. The lowest BCUT2D eigenvalue weighted by atomic mass is 9.91. The predicted octanol–water partition coefficient (Wildman–Crippen LogP) is 4.38. The van der Waals surface area contributed by atoms with Gasteiger partial charge in [0.2, 0.25) is 0 Å². The number of urea groups is 1. The van der Waals surface area contributed by atoms with Gasteiger partial charge in [-0.05, 0) is 81.4 Å². The lowest BCUT2D eigenvalue weighted by Gasteiger charge is -2.34. The molecule has 1 aliphatic heterocycles. The van der Waals surface area contributed by atoms with Crippen molar-refractivity contribution in [3.8, 4) is 0 Å². The number of fused-ring (bicyclic) bond motifs is 2. The third kappa shape index (κ3) is 6.30. The van der Waals surface area contributed by atoms with Crippen molar-refractivity contribution in [1.29, 1.82) is 0 Å². The number of carbonyl (C=O) groups is 1. The maximum Gasteiger partial charge on any atom is 0.319 e. The normalized spacial score (nSPS) is 17.2. The summed E-state index contributed by atoms with van der Waals surface area (Å²) < 4.78 is 2.24. The Morgan fingerprint density at radius 1 is 1.00 bits per heavy atom. The number of carbonyl (C=O) groups excluding carboxylic acids is 1. The van der Waals surface area contributed by atoms with Gasteiger partial charge in [0.1, 0.15) is 11.5 Å². The van der Waals surface area contributed by atoms with Crippen molar-refractivity contribution in [2.45, 2.75) is 38.4 Å². The van der Waals surface area contributed by atoms with Crippen LogP contribution in [0.25, 0.3) is 5.65 Å². The van der Waals surface area contributed by atoms with E-state index < -0.39 is 0 Å². The number of nitrogens with zero attached hydrogens (tertiary/aromatic N) is 7. The van der Waals surface area contributed by atoms with Gasteiger partial charge in [-0.1, -0.05) is 12.1 Å². The molecule has 6 rings (SSSR count).